The highest BCUT2D eigenvalue weighted by Gasteiger charge is 2.18. The molecule has 0 aliphatic carbocycles. The van der Waals surface area contributed by atoms with Crippen LogP contribution in [0.15, 0.2) is 18.5 Å². The van der Waals surface area contributed by atoms with Crippen LogP contribution in [-0.4, -0.2) is 25.5 Å². The average Bonchev–Trinajstić information content (AvgIpc) is 2.75. The molecule has 2 aromatic rings. The van der Waals surface area contributed by atoms with Gasteiger partial charge in [0.15, 0.2) is 5.82 Å². The molecule has 0 atom stereocenters. The molecule has 0 bridgehead atoms. The van der Waals surface area contributed by atoms with E-state index in [1.165, 1.54) is 6.33 Å². The fourth-order valence-electron chi connectivity index (χ4n) is 1.89. The molecular formula is C13H16N4O. The molecule has 0 spiro atoms. The van der Waals surface area contributed by atoms with Gasteiger partial charge in [0, 0.05) is 23.0 Å². The quantitative estimate of drug-likeness (QED) is 0.776. The molecule has 0 unspecified atom stereocenters. The van der Waals surface area contributed by atoms with Gasteiger partial charge in [0.25, 0.3) is 0 Å². The van der Waals surface area contributed by atoms with Gasteiger partial charge in [-0.15, -0.1) is 0 Å². The highest BCUT2D eigenvalue weighted by Crippen LogP contribution is 2.13. The number of pyridine rings is 1. The van der Waals surface area contributed by atoms with E-state index < -0.39 is 0 Å². The van der Waals surface area contributed by atoms with Gasteiger partial charge in [0.1, 0.15) is 6.33 Å². The van der Waals surface area contributed by atoms with E-state index in [9.17, 15) is 4.79 Å². The monoisotopic (exact) mass is 244 g/mol. The first-order chi connectivity index (χ1) is 8.49. The maximum absolute atomic E-state index is 12.4. The zero-order valence-corrected chi connectivity index (χ0v) is 11.0. The molecule has 94 valence electrons. The molecule has 2 rings (SSSR count). The van der Waals surface area contributed by atoms with Gasteiger partial charge < -0.3 is 0 Å². The average molecular weight is 244 g/mol. The van der Waals surface area contributed by atoms with Crippen LogP contribution in [0.4, 0.5) is 0 Å². The van der Waals surface area contributed by atoms with Gasteiger partial charge in [-0.05, 0) is 39.8 Å². The van der Waals surface area contributed by atoms with Crippen LogP contribution in [0.5, 0.6) is 0 Å². The second-order valence-electron chi connectivity index (χ2n) is 4.59. The van der Waals surface area contributed by atoms with Gasteiger partial charge in [0.2, 0.25) is 5.78 Å². The standard InChI is InChI=1S/C13H16N4O/c1-8(2)17-13(14-7-15-17)12(18)11-5-9(3)16-10(4)6-11/h5-8H,1-4H3. The van der Waals surface area contributed by atoms with Crippen LogP contribution in [0.25, 0.3) is 0 Å². The first-order valence-electron chi connectivity index (χ1n) is 5.88. The summed E-state index contributed by atoms with van der Waals surface area (Å²) in [5, 5.41) is 4.08. The molecule has 5 heteroatoms. The van der Waals surface area contributed by atoms with Crippen molar-refractivity contribution in [3.05, 3.63) is 41.2 Å². The Kier molecular flexibility index (Phi) is 3.23. The maximum atomic E-state index is 12.4. The third-order valence-corrected chi connectivity index (χ3v) is 2.61. The topological polar surface area (TPSA) is 60.7 Å². The summed E-state index contributed by atoms with van der Waals surface area (Å²) in [6.07, 6.45) is 1.41. The SMILES string of the molecule is Cc1cc(C(=O)c2ncnn2C(C)C)cc(C)n1. The summed E-state index contributed by atoms with van der Waals surface area (Å²) in [6.45, 7) is 7.68. The molecule has 2 aromatic heterocycles. The van der Waals surface area contributed by atoms with E-state index in [1.54, 1.807) is 16.8 Å². The number of aromatic nitrogens is 4. The smallest absolute Gasteiger partial charge is 0.230 e. The summed E-state index contributed by atoms with van der Waals surface area (Å²) in [6, 6.07) is 3.65. The van der Waals surface area contributed by atoms with E-state index in [0.717, 1.165) is 11.4 Å². The lowest BCUT2D eigenvalue weighted by atomic mass is 10.1. The van der Waals surface area contributed by atoms with Gasteiger partial charge in [0.05, 0.1) is 0 Å². The molecule has 0 aliphatic heterocycles. The van der Waals surface area contributed by atoms with E-state index in [2.05, 4.69) is 15.1 Å². The van der Waals surface area contributed by atoms with Crippen molar-refractivity contribution in [1.82, 2.24) is 19.7 Å². The number of carbonyl (C=O) groups is 1. The molecule has 0 aliphatic rings. The Morgan fingerprint density at radius 3 is 2.39 bits per heavy atom. The van der Waals surface area contributed by atoms with Crippen molar-refractivity contribution < 1.29 is 4.79 Å². The molecular weight excluding hydrogens is 228 g/mol. The first-order valence-corrected chi connectivity index (χ1v) is 5.88. The number of ketones is 1. The fourth-order valence-corrected chi connectivity index (χ4v) is 1.89. The highest BCUT2D eigenvalue weighted by atomic mass is 16.1. The van der Waals surface area contributed by atoms with Gasteiger partial charge in [-0.1, -0.05) is 0 Å². The minimum atomic E-state index is -0.116. The fraction of sp³-hybridized carbons (Fsp3) is 0.385. The minimum Gasteiger partial charge on any atom is -0.285 e. The molecule has 0 amide bonds. The van der Waals surface area contributed by atoms with Crippen molar-refractivity contribution in [2.75, 3.05) is 0 Å². The van der Waals surface area contributed by atoms with Crippen LogP contribution in [0.3, 0.4) is 0 Å². The first kappa shape index (κ1) is 12.4. The summed E-state index contributed by atoms with van der Waals surface area (Å²) >= 11 is 0. The molecule has 0 N–H and O–H groups in total. The molecule has 0 aromatic carbocycles. The maximum Gasteiger partial charge on any atom is 0.230 e. The lowest BCUT2D eigenvalue weighted by Gasteiger charge is -2.09. The van der Waals surface area contributed by atoms with Gasteiger partial charge in [-0.2, -0.15) is 5.10 Å². The molecule has 0 radical (unpaired) electrons. The second-order valence-corrected chi connectivity index (χ2v) is 4.59. The van der Waals surface area contributed by atoms with Crippen LogP contribution in [0.2, 0.25) is 0 Å². The zero-order valence-electron chi connectivity index (χ0n) is 11.0. The van der Waals surface area contributed by atoms with Crippen molar-refractivity contribution in [2.24, 2.45) is 0 Å². The molecule has 0 saturated heterocycles. The molecule has 0 saturated carbocycles. The largest absolute Gasteiger partial charge is 0.285 e. The van der Waals surface area contributed by atoms with E-state index >= 15 is 0 Å². The second kappa shape index (κ2) is 4.68. The molecule has 0 fully saturated rings. The number of aryl methyl sites for hydroxylation is 2. The molecule has 5 nitrogen and oxygen atoms in total. The van der Waals surface area contributed by atoms with Crippen molar-refractivity contribution in [3.8, 4) is 0 Å². The Morgan fingerprint density at radius 1 is 1.22 bits per heavy atom. The van der Waals surface area contributed by atoms with Gasteiger partial charge >= 0.3 is 0 Å². The highest BCUT2D eigenvalue weighted by molar-refractivity contribution is 6.06. The van der Waals surface area contributed by atoms with E-state index in [0.29, 0.717) is 11.4 Å². The number of nitrogens with zero attached hydrogens (tertiary/aromatic N) is 4. The van der Waals surface area contributed by atoms with Gasteiger partial charge in [-0.3, -0.25) is 9.78 Å². The summed E-state index contributed by atoms with van der Waals surface area (Å²) in [4.78, 5) is 20.7. The van der Waals surface area contributed by atoms with Crippen LogP contribution >= 0.6 is 0 Å². The third-order valence-electron chi connectivity index (χ3n) is 2.61. The Hall–Kier alpha value is -2.04. The Morgan fingerprint density at radius 2 is 1.83 bits per heavy atom. The number of hydrogen-bond acceptors (Lipinski definition) is 4. The van der Waals surface area contributed by atoms with Crippen molar-refractivity contribution in [3.63, 3.8) is 0 Å². The summed E-state index contributed by atoms with van der Waals surface area (Å²) in [5.41, 5.74) is 2.26. The lowest BCUT2D eigenvalue weighted by molar-refractivity contribution is 0.102. The molecule has 2 heterocycles. The summed E-state index contributed by atoms with van der Waals surface area (Å²) < 4.78 is 1.63. The predicted molar refractivity (Wildman–Crippen MR) is 67.6 cm³/mol. The number of rotatable bonds is 3. The van der Waals surface area contributed by atoms with Crippen LogP contribution in [0.1, 0.15) is 47.5 Å². The lowest BCUT2D eigenvalue weighted by Crippen LogP contribution is -2.15. The van der Waals surface area contributed by atoms with Crippen molar-refractivity contribution in [2.45, 2.75) is 33.7 Å². The number of hydrogen-bond donors (Lipinski definition) is 0. The van der Waals surface area contributed by atoms with E-state index in [4.69, 9.17) is 0 Å². The van der Waals surface area contributed by atoms with Crippen LogP contribution in [0, 0.1) is 13.8 Å². The van der Waals surface area contributed by atoms with Crippen molar-refractivity contribution in [1.29, 1.82) is 0 Å². The van der Waals surface area contributed by atoms with Gasteiger partial charge in [-0.25, -0.2) is 9.67 Å². The summed E-state index contributed by atoms with van der Waals surface area (Å²) in [7, 11) is 0. The number of carbonyl (C=O) groups excluding carboxylic acids is 1. The normalized spacial score (nSPS) is 10.9. The molecule has 18 heavy (non-hydrogen) atoms. The third kappa shape index (κ3) is 2.30. The minimum absolute atomic E-state index is 0.107. The van der Waals surface area contributed by atoms with Crippen molar-refractivity contribution >= 4 is 5.78 Å². The Balaban J connectivity index is 2.45. The Labute approximate surface area is 106 Å². The summed E-state index contributed by atoms with van der Waals surface area (Å²) in [5.74, 6) is 0.254. The van der Waals surface area contributed by atoms with E-state index in [1.807, 2.05) is 27.7 Å². The zero-order chi connectivity index (χ0) is 13.3. The predicted octanol–water partition coefficient (Wildman–Crippen LogP) is 2.10. The van der Waals surface area contributed by atoms with Crippen LogP contribution in [-0.2, 0) is 0 Å². The van der Waals surface area contributed by atoms with E-state index in [-0.39, 0.29) is 11.8 Å². The Bertz CT molecular complexity index is 566. The van der Waals surface area contributed by atoms with Crippen LogP contribution < -0.4 is 0 Å².